The maximum atomic E-state index is 13.1. The lowest BCUT2D eigenvalue weighted by Crippen LogP contribution is -2.28. The van der Waals surface area contributed by atoms with Gasteiger partial charge in [0.2, 0.25) is 0 Å². The first kappa shape index (κ1) is 14.1. The van der Waals surface area contributed by atoms with Gasteiger partial charge in [0, 0.05) is 12.1 Å². The van der Waals surface area contributed by atoms with E-state index in [4.69, 9.17) is 0 Å². The molecule has 1 rings (SSSR count). The van der Waals surface area contributed by atoms with Crippen molar-refractivity contribution in [1.29, 1.82) is 0 Å². The highest BCUT2D eigenvalue weighted by atomic mass is 19.1. The van der Waals surface area contributed by atoms with Crippen LogP contribution in [0.25, 0.3) is 0 Å². The highest BCUT2D eigenvalue weighted by molar-refractivity contribution is 5.21. The van der Waals surface area contributed by atoms with Gasteiger partial charge in [-0.05, 0) is 49.9 Å². The minimum Gasteiger partial charge on any atom is -0.314 e. The van der Waals surface area contributed by atoms with Gasteiger partial charge in [-0.25, -0.2) is 8.78 Å². The summed E-state index contributed by atoms with van der Waals surface area (Å²) in [7, 11) is 0. The Balaban J connectivity index is 2.59. The van der Waals surface area contributed by atoms with E-state index in [2.05, 4.69) is 19.2 Å². The largest absolute Gasteiger partial charge is 0.314 e. The second-order valence-electron chi connectivity index (χ2n) is 4.69. The second-order valence-corrected chi connectivity index (χ2v) is 4.69. The smallest absolute Gasteiger partial charge is 0.126 e. The molecule has 0 aromatic heterocycles. The lowest BCUT2D eigenvalue weighted by molar-refractivity contribution is 0.476. The molecule has 0 amide bonds. The van der Waals surface area contributed by atoms with E-state index in [1.165, 1.54) is 12.1 Å². The minimum absolute atomic E-state index is 0.152. The van der Waals surface area contributed by atoms with Crippen molar-refractivity contribution in [2.24, 2.45) is 0 Å². The van der Waals surface area contributed by atoms with Gasteiger partial charge in [0.05, 0.1) is 0 Å². The van der Waals surface area contributed by atoms with Crippen molar-refractivity contribution >= 4 is 0 Å². The van der Waals surface area contributed by atoms with Gasteiger partial charge in [0.1, 0.15) is 11.6 Å². The first-order valence-corrected chi connectivity index (χ1v) is 6.22. The summed E-state index contributed by atoms with van der Waals surface area (Å²) >= 11 is 0. The van der Waals surface area contributed by atoms with Gasteiger partial charge < -0.3 is 5.32 Å². The predicted octanol–water partition coefficient (Wildman–Crippen LogP) is 3.85. The molecule has 0 fully saturated rings. The maximum Gasteiger partial charge on any atom is 0.126 e. The molecule has 0 spiro atoms. The minimum atomic E-state index is -0.499. The van der Waals surface area contributed by atoms with Gasteiger partial charge in [-0.2, -0.15) is 0 Å². The fourth-order valence-corrected chi connectivity index (χ4v) is 2.00. The van der Waals surface area contributed by atoms with Crippen LogP contribution < -0.4 is 5.32 Å². The molecule has 0 aliphatic carbocycles. The van der Waals surface area contributed by atoms with E-state index in [-0.39, 0.29) is 5.92 Å². The predicted molar refractivity (Wildman–Crippen MR) is 67.1 cm³/mol. The van der Waals surface area contributed by atoms with E-state index in [1.54, 1.807) is 0 Å². The standard InChI is InChI=1S/C14H21F2N/c1-4-5-17-11(3)6-10(2)12-7-13(15)9-14(16)8-12/h7-11,17H,4-6H2,1-3H3. The van der Waals surface area contributed by atoms with Gasteiger partial charge in [0.15, 0.2) is 0 Å². The Morgan fingerprint density at radius 3 is 2.24 bits per heavy atom. The molecule has 0 aliphatic heterocycles. The Kier molecular flexibility index (Phi) is 5.56. The highest BCUT2D eigenvalue weighted by Crippen LogP contribution is 2.22. The summed E-state index contributed by atoms with van der Waals surface area (Å²) in [6.45, 7) is 7.19. The number of benzene rings is 1. The zero-order chi connectivity index (χ0) is 12.8. The Hall–Kier alpha value is -0.960. The average molecular weight is 241 g/mol. The lowest BCUT2D eigenvalue weighted by atomic mass is 9.94. The normalized spacial score (nSPS) is 14.6. The van der Waals surface area contributed by atoms with Gasteiger partial charge in [-0.15, -0.1) is 0 Å². The van der Waals surface area contributed by atoms with Crippen LogP contribution in [0.15, 0.2) is 18.2 Å². The van der Waals surface area contributed by atoms with Crippen LogP contribution in [-0.2, 0) is 0 Å². The molecule has 1 aromatic carbocycles. The zero-order valence-electron chi connectivity index (χ0n) is 10.8. The van der Waals surface area contributed by atoms with Crippen molar-refractivity contribution in [3.63, 3.8) is 0 Å². The highest BCUT2D eigenvalue weighted by Gasteiger charge is 2.12. The van der Waals surface area contributed by atoms with Gasteiger partial charge >= 0.3 is 0 Å². The molecule has 1 N–H and O–H groups in total. The Labute approximate surface area is 102 Å². The van der Waals surface area contributed by atoms with Crippen LogP contribution in [-0.4, -0.2) is 12.6 Å². The van der Waals surface area contributed by atoms with Crippen LogP contribution in [0, 0.1) is 11.6 Å². The summed E-state index contributed by atoms with van der Waals surface area (Å²) in [5.74, 6) is -0.846. The first-order valence-electron chi connectivity index (χ1n) is 6.22. The van der Waals surface area contributed by atoms with E-state index in [9.17, 15) is 8.78 Å². The Morgan fingerprint density at radius 2 is 1.71 bits per heavy atom. The van der Waals surface area contributed by atoms with E-state index in [0.29, 0.717) is 6.04 Å². The molecular weight excluding hydrogens is 220 g/mol. The molecule has 0 saturated heterocycles. The van der Waals surface area contributed by atoms with Crippen molar-refractivity contribution < 1.29 is 8.78 Å². The number of rotatable bonds is 6. The lowest BCUT2D eigenvalue weighted by Gasteiger charge is -2.19. The molecular formula is C14H21F2N. The third-order valence-electron chi connectivity index (χ3n) is 2.90. The van der Waals surface area contributed by atoms with Crippen LogP contribution >= 0.6 is 0 Å². The summed E-state index contributed by atoms with van der Waals surface area (Å²) in [5.41, 5.74) is 0.729. The molecule has 2 atom stereocenters. The van der Waals surface area contributed by atoms with Gasteiger partial charge in [0.25, 0.3) is 0 Å². The summed E-state index contributed by atoms with van der Waals surface area (Å²) in [6, 6.07) is 4.10. The van der Waals surface area contributed by atoms with Gasteiger partial charge in [-0.3, -0.25) is 0 Å². The van der Waals surface area contributed by atoms with Crippen LogP contribution in [0.2, 0.25) is 0 Å². The molecule has 17 heavy (non-hydrogen) atoms. The van der Waals surface area contributed by atoms with Gasteiger partial charge in [-0.1, -0.05) is 13.8 Å². The topological polar surface area (TPSA) is 12.0 Å². The number of hydrogen-bond donors (Lipinski definition) is 1. The van der Waals surface area contributed by atoms with E-state index >= 15 is 0 Å². The quantitative estimate of drug-likeness (QED) is 0.797. The summed E-state index contributed by atoms with van der Waals surface area (Å²) < 4.78 is 26.1. The summed E-state index contributed by atoms with van der Waals surface area (Å²) in [5, 5.41) is 3.37. The third-order valence-corrected chi connectivity index (χ3v) is 2.90. The number of nitrogens with one attached hydrogen (secondary N) is 1. The van der Waals surface area contributed by atoms with Crippen LogP contribution in [0.5, 0.6) is 0 Å². The number of halogens is 2. The van der Waals surface area contributed by atoms with Crippen molar-refractivity contribution in [1.82, 2.24) is 5.32 Å². The van der Waals surface area contributed by atoms with Crippen LogP contribution in [0.1, 0.15) is 45.1 Å². The molecule has 0 radical (unpaired) electrons. The summed E-state index contributed by atoms with van der Waals surface area (Å²) in [4.78, 5) is 0. The fourth-order valence-electron chi connectivity index (χ4n) is 2.00. The molecule has 2 unspecified atom stereocenters. The fraction of sp³-hybridized carbons (Fsp3) is 0.571. The first-order chi connectivity index (χ1) is 8.02. The third kappa shape index (κ3) is 4.82. The molecule has 0 saturated carbocycles. The van der Waals surface area contributed by atoms with E-state index in [1.807, 2.05) is 6.92 Å². The second kappa shape index (κ2) is 6.70. The Morgan fingerprint density at radius 1 is 1.12 bits per heavy atom. The van der Waals surface area contributed by atoms with Crippen molar-refractivity contribution in [3.05, 3.63) is 35.4 Å². The molecule has 0 heterocycles. The maximum absolute atomic E-state index is 13.1. The Bertz CT molecular complexity index is 332. The molecule has 1 aromatic rings. The van der Waals surface area contributed by atoms with E-state index in [0.717, 1.165) is 31.0 Å². The van der Waals surface area contributed by atoms with Crippen LogP contribution in [0.3, 0.4) is 0 Å². The van der Waals surface area contributed by atoms with Crippen molar-refractivity contribution in [2.75, 3.05) is 6.54 Å². The van der Waals surface area contributed by atoms with Crippen molar-refractivity contribution in [3.8, 4) is 0 Å². The average Bonchev–Trinajstić information content (AvgIpc) is 2.25. The zero-order valence-corrected chi connectivity index (χ0v) is 10.8. The van der Waals surface area contributed by atoms with E-state index < -0.39 is 11.6 Å². The monoisotopic (exact) mass is 241 g/mol. The van der Waals surface area contributed by atoms with Crippen LogP contribution in [0.4, 0.5) is 8.78 Å². The number of hydrogen-bond acceptors (Lipinski definition) is 1. The SMILES string of the molecule is CCCNC(C)CC(C)c1cc(F)cc(F)c1. The molecule has 0 aliphatic rings. The van der Waals surface area contributed by atoms with Crippen molar-refractivity contribution in [2.45, 2.75) is 45.6 Å². The summed E-state index contributed by atoms with van der Waals surface area (Å²) in [6.07, 6.45) is 1.97. The molecule has 96 valence electrons. The molecule has 3 heteroatoms. The molecule has 1 nitrogen and oxygen atoms in total. The molecule has 0 bridgehead atoms.